The van der Waals surface area contributed by atoms with Crippen LogP contribution < -0.4 is 10.8 Å². The number of nitrogens with one attached hydrogen (secondary N) is 2. The monoisotopic (exact) mass is 352 g/mol. The van der Waals surface area contributed by atoms with Crippen molar-refractivity contribution >= 4 is 17.7 Å². The van der Waals surface area contributed by atoms with Gasteiger partial charge in [-0.1, -0.05) is 38.5 Å². The van der Waals surface area contributed by atoms with Crippen molar-refractivity contribution in [3.8, 4) is 0 Å². The lowest BCUT2D eigenvalue weighted by Crippen LogP contribution is -2.36. The fourth-order valence-electron chi connectivity index (χ4n) is 3.59. The van der Waals surface area contributed by atoms with Crippen LogP contribution >= 0.6 is 0 Å². The van der Waals surface area contributed by atoms with E-state index in [0.29, 0.717) is 0 Å². The maximum absolute atomic E-state index is 11.9. The molecule has 0 aromatic heterocycles. The van der Waals surface area contributed by atoms with E-state index in [1.54, 1.807) is 0 Å². The molecule has 0 spiro atoms. The van der Waals surface area contributed by atoms with E-state index in [1.807, 2.05) is 0 Å². The van der Waals surface area contributed by atoms with Crippen LogP contribution in [0.1, 0.15) is 89.9 Å². The van der Waals surface area contributed by atoms with E-state index in [1.165, 1.54) is 25.7 Å². The van der Waals surface area contributed by atoms with Crippen LogP contribution in [-0.2, 0) is 19.2 Å². The molecular formula is C19H32N2O4. The van der Waals surface area contributed by atoms with Gasteiger partial charge in [-0.05, 0) is 25.7 Å². The second kappa shape index (κ2) is 11.2. The Morgan fingerprint density at radius 1 is 0.720 bits per heavy atom. The summed E-state index contributed by atoms with van der Waals surface area (Å²) in [4.78, 5) is 40.4. The zero-order valence-electron chi connectivity index (χ0n) is 15.2. The Labute approximate surface area is 150 Å². The number of hydrogen-bond acceptors (Lipinski definition) is 5. The highest BCUT2D eigenvalue weighted by molar-refractivity contribution is 5.87. The van der Waals surface area contributed by atoms with Gasteiger partial charge in [-0.25, -0.2) is 0 Å². The number of Topliss-reactive ketones (excluding diaryl/α,β-unsaturated/α-hetero) is 1. The lowest BCUT2D eigenvalue weighted by atomic mass is 9.95. The van der Waals surface area contributed by atoms with Gasteiger partial charge in [-0.3, -0.25) is 14.4 Å². The van der Waals surface area contributed by atoms with Crippen LogP contribution in [0.4, 0.5) is 0 Å². The first-order chi connectivity index (χ1) is 12.1. The Morgan fingerprint density at radius 2 is 1.28 bits per heavy atom. The Morgan fingerprint density at radius 3 is 1.92 bits per heavy atom. The van der Waals surface area contributed by atoms with E-state index in [0.717, 1.165) is 38.5 Å². The van der Waals surface area contributed by atoms with Crippen LogP contribution in [0.5, 0.6) is 0 Å². The lowest BCUT2D eigenvalue weighted by molar-refractivity contribution is -0.154. The summed E-state index contributed by atoms with van der Waals surface area (Å²) in [6.07, 6.45) is 11.9. The molecule has 2 saturated carbocycles. The molecule has 0 saturated heterocycles. The number of carbonyl (C=O) groups excluding carboxylic acids is 3. The van der Waals surface area contributed by atoms with Crippen molar-refractivity contribution in [3.63, 3.8) is 0 Å². The molecule has 0 aliphatic heterocycles. The largest absolute Gasteiger partial charge is 0.370 e. The van der Waals surface area contributed by atoms with Crippen molar-refractivity contribution < 1.29 is 19.2 Å². The summed E-state index contributed by atoms with van der Waals surface area (Å²) in [5.41, 5.74) is 2.82. The summed E-state index contributed by atoms with van der Waals surface area (Å²) in [5.74, 6) is -0.513. The minimum Gasteiger partial charge on any atom is -0.370 e. The first-order valence-corrected chi connectivity index (χ1v) is 9.90. The van der Waals surface area contributed by atoms with Gasteiger partial charge in [0.05, 0.1) is 6.42 Å². The standard InChI is InChI=1S/C19H32N2O4/c22-17(11-13-18(23)20-15-7-3-1-4-8-15)12-14-19(24)25-21-16-9-5-2-6-10-16/h15-16,21H,1-14H2,(H,20,23). The normalized spacial score (nSPS) is 19.4. The van der Waals surface area contributed by atoms with Crippen molar-refractivity contribution in [2.45, 2.75) is 102 Å². The molecule has 1 amide bonds. The first kappa shape index (κ1) is 19.9. The molecule has 2 N–H and O–H groups in total. The molecule has 2 aliphatic carbocycles. The average Bonchev–Trinajstić information content (AvgIpc) is 2.64. The van der Waals surface area contributed by atoms with Gasteiger partial charge >= 0.3 is 5.97 Å². The van der Waals surface area contributed by atoms with Gasteiger partial charge < -0.3 is 10.2 Å². The van der Waals surface area contributed by atoms with Crippen molar-refractivity contribution in [1.82, 2.24) is 10.8 Å². The smallest absolute Gasteiger partial charge is 0.325 e. The topological polar surface area (TPSA) is 84.5 Å². The fraction of sp³-hybridized carbons (Fsp3) is 0.842. The lowest BCUT2D eigenvalue weighted by Gasteiger charge is -2.22. The summed E-state index contributed by atoms with van der Waals surface area (Å²) in [6.45, 7) is 0. The molecule has 2 rings (SSSR count). The van der Waals surface area contributed by atoms with Gasteiger partial charge in [0, 0.05) is 31.3 Å². The van der Waals surface area contributed by atoms with Crippen LogP contribution in [0.25, 0.3) is 0 Å². The second-order valence-corrected chi connectivity index (χ2v) is 7.37. The number of carbonyl (C=O) groups is 3. The fourth-order valence-corrected chi connectivity index (χ4v) is 3.59. The summed E-state index contributed by atoms with van der Waals surface area (Å²) >= 11 is 0. The van der Waals surface area contributed by atoms with Gasteiger partial charge in [0.2, 0.25) is 5.91 Å². The molecule has 25 heavy (non-hydrogen) atoms. The van der Waals surface area contributed by atoms with Gasteiger partial charge in [0.15, 0.2) is 0 Å². The molecule has 0 atom stereocenters. The Bertz CT molecular complexity index is 441. The van der Waals surface area contributed by atoms with E-state index >= 15 is 0 Å². The molecule has 6 heteroatoms. The molecule has 2 aliphatic rings. The summed E-state index contributed by atoms with van der Waals surface area (Å²) in [6, 6.07) is 0.522. The van der Waals surface area contributed by atoms with Crippen LogP contribution in [0.3, 0.4) is 0 Å². The van der Waals surface area contributed by atoms with E-state index in [9.17, 15) is 14.4 Å². The third kappa shape index (κ3) is 8.47. The average molecular weight is 352 g/mol. The van der Waals surface area contributed by atoms with Gasteiger partial charge in [0.25, 0.3) is 0 Å². The number of ketones is 1. The van der Waals surface area contributed by atoms with Gasteiger partial charge in [0.1, 0.15) is 5.78 Å². The Hall–Kier alpha value is -1.43. The van der Waals surface area contributed by atoms with Crippen LogP contribution in [0.2, 0.25) is 0 Å². The van der Waals surface area contributed by atoms with Crippen molar-refractivity contribution in [1.29, 1.82) is 0 Å². The van der Waals surface area contributed by atoms with Crippen molar-refractivity contribution in [2.75, 3.05) is 0 Å². The zero-order valence-corrected chi connectivity index (χ0v) is 15.2. The summed E-state index contributed by atoms with van der Waals surface area (Å²) < 4.78 is 0. The van der Waals surface area contributed by atoms with E-state index in [-0.39, 0.29) is 49.5 Å². The third-order valence-corrected chi connectivity index (χ3v) is 5.15. The van der Waals surface area contributed by atoms with Crippen LogP contribution in [0, 0.1) is 0 Å². The highest BCUT2D eigenvalue weighted by Crippen LogP contribution is 2.18. The van der Waals surface area contributed by atoms with Crippen LogP contribution in [-0.4, -0.2) is 29.7 Å². The first-order valence-electron chi connectivity index (χ1n) is 9.90. The SMILES string of the molecule is O=C(CCC(=O)NC1CCCCC1)CCC(=O)ONC1CCCCC1. The summed E-state index contributed by atoms with van der Waals surface area (Å²) in [7, 11) is 0. The maximum Gasteiger partial charge on any atom is 0.325 e. The highest BCUT2D eigenvalue weighted by Gasteiger charge is 2.18. The molecule has 0 bridgehead atoms. The molecular weight excluding hydrogens is 320 g/mol. The number of amides is 1. The Balaban J connectivity index is 1.50. The van der Waals surface area contributed by atoms with E-state index in [4.69, 9.17) is 4.84 Å². The number of hydroxylamine groups is 1. The van der Waals surface area contributed by atoms with Crippen LogP contribution in [0.15, 0.2) is 0 Å². The van der Waals surface area contributed by atoms with Gasteiger partial charge in [-0.15, -0.1) is 0 Å². The van der Waals surface area contributed by atoms with E-state index < -0.39 is 5.97 Å². The Kier molecular flexibility index (Phi) is 8.94. The molecule has 0 heterocycles. The molecule has 6 nitrogen and oxygen atoms in total. The molecule has 0 radical (unpaired) electrons. The molecule has 142 valence electrons. The number of hydrogen-bond donors (Lipinski definition) is 2. The summed E-state index contributed by atoms with van der Waals surface area (Å²) in [5, 5.41) is 3.00. The van der Waals surface area contributed by atoms with Gasteiger partial charge in [-0.2, -0.15) is 5.48 Å². The quantitative estimate of drug-likeness (QED) is 0.623. The van der Waals surface area contributed by atoms with Crippen molar-refractivity contribution in [3.05, 3.63) is 0 Å². The minimum atomic E-state index is -0.398. The molecule has 0 unspecified atom stereocenters. The third-order valence-electron chi connectivity index (χ3n) is 5.15. The van der Waals surface area contributed by atoms with E-state index in [2.05, 4.69) is 10.8 Å². The molecule has 0 aromatic carbocycles. The molecule has 2 fully saturated rings. The predicted molar refractivity (Wildman–Crippen MR) is 94.6 cm³/mol. The number of rotatable bonds is 9. The molecule has 0 aromatic rings. The minimum absolute atomic E-state index is 0.0539. The maximum atomic E-state index is 11.9. The highest BCUT2D eigenvalue weighted by atomic mass is 16.7. The second-order valence-electron chi connectivity index (χ2n) is 7.37. The zero-order chi connectivity index (χ0) is 17.9. The van der Waals surface area contributed by atoms with Crippen molar-refractivity contribution in [2.24, 2.45) is 0 Å². The predicted octanol–water partition coefficient (Wildman–Crippen LogP) is 2.95.